The minimum absolute atomic E-state index is 0.214. The molecule has 1 aliphatic rings. The van der Waals surface area contributed by atoms with Gasteiger partial charge in [0.2, 0.25) is 0 Å². The molecule has 1 aliphatic heterocycles. The Kier molecular flexibility index (Phi) is 4.49. The van der Waals surface area contributed by atoms with E-state index in [2.05, 4.69) is 0 Å². The predicted molar refractivity (Wildman–Crippen MR) is 87.4 cm³/mol. The first-order valence-electron chi connectivity index (χ1n) is 7.70. The number of nitrogens with zero attached hydrogens (tertiary/aromatic N) is 2. The molecule has 128 valence electrons. The van der Waals surface area contributed by atoms with E-state index >= 15 is 0 Å². The van der Waals surface area contributed by atoms with E-state index in [1.807, 2.05) is 12.1 Å². The highest BCUT2D eigenvalue weighted by atomic mass is 19.4. The van der Waals surface area contributed by atoms with Gasteiger partial charge >= 0.3 is 6.18 Å². The third-order valence-corrected chi connectivity index (χ3v) is 4.21. The lowest BCUT2D eigenvalue weighted by atomic mass is 9.98. The smallest absolute Gasteiger partial charge is 0.366 e. The summed E-state index contributed by atoms with van der Waals surface area (Å²) >= 11 is 0. The highest BCUT2D eigenvalue weighted by Crippen LogP contribution is 2.34. The van der Waals surface area contributed by atoms with E-state index in [0.717, 1.165) is 23.3 Å². The van der Waals surface area contributed by atoms with Crippen LogP contribution >= 0.6 is 0 Å². The molecule has 2 nitrogen and oxygen atoms in total. The monoisotopic (exact) mass is 346 g/mol. The van der Waals surface area contributed by atoms with Crippen LogP contribution in [0.3, 0.4) is 0 Å². The maximum absolute atomic E-state index is 13.0. The number of nitriles is 1. The standard InChI is InChI=1S/C19H14F4N2/c20-17-5-2-13(3-6-17)14-7-9-25(10-8-14)18-11-16(19(21,22)23)4-1-15(18)12-24/h1-7,11H,8-10H2. The Hall–Kier alpha value is -2.81. The fourth-order valence-corrected chi connectivity index (χ4v) is 2.88. The molecular formula is C19H14F4N2. The summed E-state index contributed by atoms with van der Waals surface area (Å²) in [6.45, 7) is 0.877. The van der Waals surface area contributed by atoms with E-state index in [4.69, 9.17) is 0 Å². The maximum Gasteiger partial charge on any atom is 0.416 e. The van der Waals surface area contributed by atoms with Crippen molar-refractivity contribution in [1.82, 2.24) is 0 Å². The van der Waals surface area contributed by atoms with Crippen molar-refractivity contribution >= 4 is 11.3 Å². The van der Waals surface area contributed by atoms with Crippen LogP contribution in [0.25, 0.3) is 5.57 Å². The van der Waals surface area contributed by atoms with Crippen molar-refractivity contribution in [3.63, 3.8) is 0 Å². The topological polar surface area (TPSA) is 27.0 Å². The number of halogens is 4. The van der Waals surface area contributed by atoms with Crippen LogP contribution in [0.1, 0.15) is 23.1 Å². The van der Waals surface area contributed by atoms with Crippen LogP contribution in [-0.2, 0) is 6.18 Å². The second kappa shape index (κ2) is 6.60. The van der Waals surface area contributed by atoms with Gasteiger partial charge in [-0.3, -0.25) is 0 Å². The predicted octanol–water partition coefficient (Wildman–Crippen LogP) is 5.01. The molecule has 3 rings (SSSR count). The molecule has 2 aromatic carbocycles. The zero-order chi connectivity index (χ0) is 18.0. The third kappa shape index (κ3) is 3.66. The van der Waals surface area contributed by atoms with Crippen molar-refractivity contribution in [2.75, 3.05) is 18.0 Å². The molecule has 0 aliphatic carbocycles. The van der Waals surface area contributed by atoms with Gasteiger partial charge < -0.3 is 4.90 Å². The van der Waals surface area contributed by atoms with Crippen LogP contribution in [0.4, 0.5) is 23.2 Å². The van der Waals surface area contributed by atoms with Crippen molar-refractivity contribution in [3.05, 3.63) is 71.0 Å². The molecular weight excluding hydrogens is 332 g/mol. The third-order valence-electron chi connectivity index (χ3n) is 4.21. The first-order chi connectivity index (χ1) is 11.9. The molecule has 2 aromatic rings. The molecule has 0 atom stereocenters. The summed E-state index contributed by atoms with van der Waals surface area (Å²) < 4.78 is 51.8. The Bertz CT molecular complexity index is 845. The number of anilines is 1. The maximum atomic E-state index is 13.0. The molecule has 0 N–H and O–H groups in total. The van der Waals surface area contributed by atoms with E-state index in [1.165, 1.54) is 18.2 Å². The summed E-state index contributed by atoms with van der Waals surface area (Å²) in [4.78, 5) is 1.75. The zero-order valence-electron chi connectivity index (χ0n) is 13.1. The second-order valence-corrected chi connectivity index (χ2v) is 5.77. The lowest BCUT2D eigenvalue weighted by Gasteiger charge is -2.30. The van der Waals surface area contributed by atoms with E-state index in [0.29, 0.717) is 19.5 Å². The lowest BCUT2D eigenvalue weighted by Crippen LogP contribution is -2.29. The van der Waals surface area contributed by atoms with Crippen LogP contribution in [-0.4, -0.2) is 13.1 Å². The molecule has 25 heavy (non-hydrogen) atoms. The Balaban J connectivity index is 1.87. The van der Waals surface area contributed by atoms with Gasteiger partial charge in [0.25, 0.3) is 0 Å². The lowest BCUT2D eigenvalue weighted by molar-refractivity contribution is -0.137. The van der Waals surface area contributed by atoms with Gasteiger partial charge in [-0.1, -0.05) is 18.2 Å². The Morgan fingerprint density at radius 1 is 1.04 bits per heavy atom. The van der Waals surface area contributed by atoms with Crippen molar-refractivity contribution in [2.45, 2.75) is 12.6 Å². The normalized spacial score (nSPS) is 14.8. The molecule has 0 spiro atoms. The molecule has 1 heterocycles. The molecule has 0 saturated carbocycles. The highest BCUT2D eigenvalue weighted by molar-refractivity contribution is 5.70. The number of hydrogen-bond acceptors (Lipinski definition) is 2. The van der Waals surface area contributed by atoms with Gasteiger partial charge in [0, 0.05) is 13.1 Å². The number of hydrogen-bond donors (Lipinski definition) is 0. The van der Waals surface area contributed by atoms with Gasteiger partial charge in [0.15, 0.2) is 0 Å². The van der Waals surface area contributed by atoms with Gasteiger partial charge in [0.05, 0.1) is 16.8 Å². The fourth-order valence-electron chi connectivity index (χ4n) is 2.88. The summed E-state index contributed by atoms with van der Waals surface area (Å²) in [5, 5.41) is 9.19. The highest BCUT2D eigenvalue weighted by Gasteiger charge is 2.31. The minimum Gasteiger partial charge on any atom is -0.366 e. The van der Waals surface area contributed by atoms with E-state index in [1.54, 1.807) is 17.0 Å². The minimum atomic E-state index is -4.45. The summed E-state index contributed by atoms with van der Waals surface area (Å²) in [6, 6.07) is 11.2. The Morgan fingerprint density at radius 2 is 1.76 bits per heavy atom. The number of alkyl halides is 3. The van der Waals surface area contributed by atoms with Gasteiger partial charge in [0.1, 0.15) is 11.9 Å². The Labute approximate surface area is 142 Å². The van der Waals surface area contributed by atoms with Gasteiger partial charge in [-0.25, -0.2) is 4.39 Å². The van der Waals surface area contributed by atoms with Crippen LogP contribution in [0.5, 0.6) is 0 Å². The van der Waals surface area contributed by atoms with Gasteiger partial charge in [-0.2, -0.15) is 18.4 Å². The average molecular weight is 346 g/mol. The molecule has 0 fully saturated rings. The van der Waals surface area contributed by atoms with Crippen molar-refractivity contribution in [3.8, 4) is 6.07 Å². The summed E-state index contributed by atoms with van der Waals surface area (Å²) in [5.74, 6) is -0.315. The second-order valence-electron chi connectivity index (χ2n) is 5.77. The van der Waals surface area contributed by atoms with E-state index in [-0.39, 0.29) is 17.1 Å². The molecule has 0 amide bonds. The first-order valence-corrected chi connectivity index (χ1v) is 7.70. The van der Waals surface area contributed by atoms with Gasteiger partial charge in [-0.05, 0) is 47.9 Å². The largest absolute Gasteiger partial charge is 0.416 e. The number of benzene rings is 2. The summed E-state index contributed by atoms with van der Waals surface area (Å²) in [5.41, 5.74) is 1.64. The fraction of sp³-hybridized carbons (Fsp3) is 0.211. The van der Waals surface area contributed by atoms with Crippen molar-refractivity contribution in [1.29, 1.82) is 5.26 Å². The molecule has 0 unspecified atom stereocenters. The van der Waals surface area contributed by atoms with E-state index < -0.39 is 11.7 Å². The van der Waals surface area contributed by atoms with Crippen LogP contribution in [0.15, 0.2) is 48.5 Å². The quantitative estimate of drug-likeness (QED) is 0.715. The Morgan fingerprint density at radius 3 is 2.32 bits per heavy atom. The SMILES string of the molecule is N#Cc1ccc(C(F)(F)F)cc1N1CC=C(c2ccc(F)cc2)CC1. The van der Waals surface area contributed by atoms with Crippen LogP contribution in [0, 0.1) is 17.1 Å². The summed E-state index contributed by atoms with van der Waals surface area (Å²) in [6.07, 6.45) is -1.95. The average Bonchev–Trinajstić information content (AvgIpc) is 2.61. The zero-order valence-corrected chi connectivity index (χ0v) is 13.1. The molecule has 0 bridgehead atoms. The van der Waals surface area contributed by atoms with Gasteiger partial charge in [-0.15, -0.1) is 0 Å². The first kappa shape index (κ1) is 17.0. The molecule has 0 radical (unpaired) electrons. The molecule has 0 aromatic heterocycles. The molecule has 0 saturated heterocycles. The van der Waals surface area contributed by atoms with E-state index in [9.17, 15) is 22.8 Å². The number of rotatable bonds is 2. The molecule has 6 heteroatoms. The van der Waals surface area contributed by atoms with Crippen LogP contribution in [0.2, 0.25) is 0 Å². The summed E-state index contributed by atoms with van der Waals surface area (Å²) in [7, 11) is 0. The van der Waals surface area contributed by atoms with Crippen LogP contribution < -0.4 is 4.90 Å². The van der Waals surface area contributed by atoms with Crippen molar-refractivity contribution in [2.24, 2.45) is 0 Å². The van der Waals surface area contributed by atoms with Crippen molar-refractivity contribution < 1.29 is 17.6 Å².